The maximum absolute atomic E-state index is 12.3. The summed E-state index contributed by atoms with van der Waals surface area (Å²) >= 11 is 6.53. The molecule has 1 aromatic heterocycles. The van der Waals surface area contributed by atoms with Gasteiger partial charge in [0.05, 0.1) is 18.1 Å². The van der Waals surface area contributed by atoms with E-state index in [-0.39, 0.29) is 18.8 Å². The van der Waals surface area contributed by atoms with E-state index in [9.17, 15) is 9.90 Å². The first-order valence-electron chi connectivity index (χ1n) is 14.9. The first kappa shape index (κ1) is 32.1. The fraction of sp³-hybridized carbons (Fsp3) is 0.545. The van der Waals surface area contributed by atoms with Crippen molar-refractivity contribution < 1.29 is 19.2 Å². The highest BCUT2D eigenvalue weighted by molar-refractivity contribution is 6.31. The molecular formula is C33H45ClN4O4. The molecule has 42 heavy (non-hydrogen) atoms. The highest BCUT2D eigenvalue weighted by atomic mass is 35.5. The maximum Gasteiger partial charge on any atom is 0.312 e. The number of halogens is 1. The monoisotopic (exact) mass is 596 g/mol. The number of carboxylic acid groups (broad SMARTS) is 1. The Morgan fingerprint density at radius 2 is 1.76 bits per heavy atom. The van der Waals surface area contributed by atoms with Crippen LogP contribution in [0.2, 0.25) is 5.02 Å². The Labute approximate surface area is 254 Å². The molecule has 0 bridgehead atoms. The van der Waals surface area contributed by atoms with Crippen LogP contribution >= 0.6 is 11.6 Å². The van der Waals surface area contributed by atoms with Crippen molar-refractivity contribution in [3.63, 3.8) is 0 Å². The summed E-state index contributed by atoms with van der Waals surface area (Å²) in [5.41, 5.74) is 9.10. The number of hydrogen-bond donors (Lipinski definition) is 2. The number of aliphatic carboxylic acids is 1. The molecule has 1 atom stereocenters. The zero-order chi connectivity index (χ0) is 30.7. The second kappa shape index (κ2) is 13.2. The maximum atomic E-state index is 12.3. The van der Waals surface area contributed by atoms with Crippen LogP contribution in [0.4, 0.5) is 0 Å². The van der Waals surface area contributed by atoms with Gasteiger partial charge in [0.25, 0.3) is 5.89 Å². The van der Waals surface area contributed by atoms with Crippen LogP contribution < -0.4 is 5.73 Å². The smallest absolute Gasteiger partial charge is 0.312 e. The van der Waals surface area contributed by atoms with Gasteiger partial charge in [0.2, 0.25) is 5.82 Å². The van der Waals surface area contributed by atoms with Crippen LogP contribution in [0.15, 0.2) is 47.0 Å². The van der Waals surface area contributed by atoms with Gasteiger partial charge >= 0.3 is 5.97 Å². The van der Waals surface area contributed by atoms with Gasteiger partial charge in [-0.1, -0.05) is 60.9 Å². The molecule has 4 rings (SSSR count). The molecule has 0 saturated carbocycles. The molecule has 1 fully saturated rings. The van der Waals surface area contributed by atoms with Gasteiger partial charge in [-0.3, -0.25) is 9.69 Å². The summed E-state index contributed by atoms with van der Waals surface area (Å²) in [6.07, 6.45) is 2.69. The lowest BCUT2D eigenvalue weighted by atomic mass is 9.78. The highest BCUT2D eigenvalue weighted by Crippen LogP contribution is 2.39. The zero-order valence-electron chi connectivity index (χ0n) is 25.7. The van der Waals surface area contributed by atoms with Gasteiger partial charge < -0.3 is 20.1 Å². The number of benzene rings is 2. The van der Waals surface area contributed by atoms with E-state index >= 15 is 0 Å². The second-order valence-corrected chi connectivity index (χ2v) is 13.5. The van der Waals surface area contributed by atoms with Gasteiger partial charge in [0.1, 0.15) is 0 Å². The van der Waals surface area contributed by atoms with Crippen molar-refractivity contribution in [2.24, 2.45) is 17.1 Å². The van der Waals surface area contributed by atoms with E-state index in [1.807, 2.05) is 58.0 Å². The number of piperidine rings is 1. The molecule has 1 aliphatic heterocycles. The summed E-state index contributed by atoms with van der Waals surface area (Å²) in [5, 5.41) is 15.0. The third kappa shape index (κ3) is 7.98. The van der Waals surface area contributed by atoms with Crippen molar-refractivity contribution >= 4 is 17.6 Å². The van der Waals surface area contributed by atoms with Crippen molar-refractivity contribution in [3.8, 4) is 22.8 Å². The summed E-state index contributed by atoms with van der Waals surface area (Å²) in [4.78, 5) is 19.2. The number of likely N-dealkylation sites (tertiary alicyclic amines) is 1. The molecule has 0 amide bonds. The van der Waals surface area contributed by atoms with Crippen LogP contribution in [0.5, 0.6) is 0 Å². The first-order chi connectivity index (χ1) is 19.8. The lowest BCUT2D eigenvalue weighted by Crippen LogP contribution is -2.49. The molecule has 1 aliphatic rings. The van der Waals surface area contributed by atoms with Gasteiger partial charge in [-0.05, 0) is 95.6 Å². The van der Waals surface area contributed by atoms with Crippen molar-refractivity contribution in [1.29, 1.82) is 0 Å². The largest absolute Gasteiger partial charge is 0.481 e. The Balaban J connectivity index is 1.51. The van der Waals surface area contributed by atoms with Crippen LogP contribution in [0, 0.1) is 11.3 Å². The molecule has 1 unspecified atom stereocenters. The Hall–Kier alpha value is -2.78. The zero-order valence-corrected chi connectivity index (χ0v) is 26.4. The molecule has 3 N–H and O–H groups in total. The Kier molecular flexibility index (Phi) is 10.1. The summed E-state index contributed by atoms with van der Waals surface area (Å²) in [5.74, 6) is 0.658. The Bertz CT molecular complexity index is 1340. The fourth-order valence-corrected chi connectivity index (χ4v) is 5.82. The molecule has 3 aromatic rings. The van der Waals surface area contributed by atoms with Crippen LogP contribution in [0.25, 0.3) is 22.8 Å². The van der Waals surface area contributed by atoms with Crippen molar-refractivity contribution in [1.82, 2.24) is 15.0 Å². The molecule has 9 heteroatoms. The minimum atomic E-state index is -0.858. The van der Waals surface area contributed by atoms with E-state index in [2.05, 4.69) is 41.0 Å². The third-order valence-electron chi connectivity index (χ3n) is 7.97. The van der Waals surface area contributed by atoms with Gasteiger partial charge in [0.15, 0.2) is 0 Å². The summed E-state index contributed by atoms with van der Waals surface area (Å²) in [6, 6.07) is 14.1. The second-order valence-electron chi connectivity index (χ2n) is 13.1. The number of nitrogens with zero attached hydrogens (tertiary/aromatic N) is 3. The van der Waals surface area contributed by atoms with E-state index < -0.39 is 16.9 Å². The number of carbonyl (C=O) groups is 1. The third-order valence-corrected chi connectivity index (χ3v) is 8.32. The lowest BCUT2D eigenvalue weighted by molar-refractivity contribution is -0.159. The molecule has 1 saturated heterocycles. The first-order valence-corrected chi connectivity index (χ1v) is 15.2. The van der Waals surface area contributed by atoms with Crippen molar-refractivity contribution in [2.45, 2.75) is 84.9 Å². The quantitative estimate of drug-likeness (QED) is 0.229. The predicted octanol–water partition coefficient (Wildman–Crippen LogP) is 7.02. The van der Waals surface area contributed by atoms with Gasteiger partial charge in [0, 0.05) is 27.7 Å². The summed E-state index contributed by atoms with van der Waals surface area (Å²) in [7, 11) is 0. The molecule has 228 valence electrons. The topological polar surface area (TPSA) is 115 Å². The minimum absolute atomic E-state index is 0.00749. The Morgan fingerprint density at radius 3 is 2.31 bits per heavy atom. The fourth-order valence-electron chi connectivity index (χ4n) is 5.56. The standard InChI is InChI=1S/C33H45ClN4O4/c1-21(2)17-25-11-12-26(18-27(25)34)30-36-29(37-42-30)24-9-7-23(8-10-24)28(19-32(5,6)35)38-15-13-33(14-16-38,31(39)40)20-41-22(3)4/h7-12,18,21-22,28H,13-17,19-20,35H2,1-6H3,(H,39,40). The van der Waals surface area contributed by atoms with E-state index in [1.54, 1.807) is 0 Å². The average Bonchev–Trinajstić information content (AvgIpc) is 3.42. The van der Waals surface area contributed by atoms with E-state index in [0.717, 1.165) is 35.1 Å². The molecule has 2 heterocycles. The number of ether oxygens (including phenoxy) is 1. The minimum Gasteiger partial charge on any atom is -0.481 e. The number of carboxylic acids is 1. The molecule has 0 spiro atoms. The Morgan fingerprint density at radius 1 is 1.12 bits per heavy atom. The van der Waals surface area contributed by atoms with Crippen molar-refractivity contribution in [3.05, 3.63) is 58.6 Å². The van der Waals surface area contributed by atoms with Gasteiger partial charge in [-0.2, -0.15) is 4.98 Å². The van der Waals surface area contributed by atoms with Crippen LogP contribution in [0.1, 0.15) is 78.0 Å². The number of aromatic nitrogens is 2. The molecule has 2 aromatic carbocycles. The predicted molar refractivity (Wildman–Crippen MR) is 166 cm³/mol. The normalized spacial score (nSPS) is 16.7. The molecule has 0 aliphatic carbocycles. The molecule has 0 radical (unpaired) electrons. The summed E-state index contributed by atoms with van der Waals surface area (Å²) in [6.45, 7) is 13.8. The van der Waals surface area contributed by atoms with Crippen LogP contribution in [-0.4, -0.2) is 57.5 Å². The van der Waals surface area contributed by atoms with Crippen LogP contribution in [-0.2, 0) is 16.0 Å². The molecular weight excluding hydrogens is 552 g/mol. The van der Waals surface area contributed by atoms with E-state index in [0.29, 0.717) is 48.6 Å². The van der Waals surface area contributed by atoms with Gasteiger partial charge in [-0.15, -0.1) is 0 Å². The van der Waals surface area contributed by atoms with Crippen LogP contribution in [0.3, 0.4) is 0 Å². The van der Waals surface area contributed by atoms with Gasteiger partial charge in [-0.25, -0.2) is 0 Å². The van der Waals surface area contributed by atoms with Crippen molar-refractivity contribution in [2.75, 3.05) is 19.7 Å². The lowest BCUT2D eigenvalue weighted by Gasteiger charge is -2.43. The van der Waals surface area contributed by atoms with E-state index in [4.69, 9.17) is 26.6 Å². The number of hydrogen-bond acceptors (Lipinski definition) is 7. The number of nitrogens with two attached hydrogens (primary N) is 1. The SMILES string of the molecule is CC(C)Cc1ccc(-c2nc(-c3ccc(C(CC(C)(C)N)N4CCC(COC(C)C)(C(=O)O)CC4)cc3)no2)cc1Cl. The molecule has 8 nitrogen and oxygen atoms in total. The average molecular weight is 597 g/mol. The van der Waals surface area contributed by atoms with E-state index in [1.165, 1.54) is 0 Å². The highest BCUT2D eigenvalue weighted by Gasteiger charge is 2.43. The number of rotatable bonds is 12. The summed E-state index contributed by atoms with van der Waals surface area (Å²) < 4.78 is 11.4.